The lowest BCUT2D eigenvalue weighted by Crippen LogP contribution is -2.45. The van der Waals surface area contributed by atoms with Gasteiger partial charge in [0.1, 0.15) is 12.6 Å². The van der Waals surface area contributed by atoms with Crippen LogP contribution >= 0.6 is 7.82 Å². The molecule has 1 N–H and O–H groups in total. The summed E-state index contributed by atoms with van der Waals surface area (Å²) in [6.07, 6.45) is 5.03. The predicted molar refractivity (Wildman–Crippen MR) is 64.2 cm³/mol. The van der Waals surface area contributed by atoms with Crippen molar-refractivity contribution >= 4 is 7.82 Å². The molecule has 0 aliphatic heterocycles. The van der Waals surface area contributed by atoms with Crippen LogP contribution in [0.4, 0.5) is 0 Å². The van der Waals surface area contributed by atoms with Gasteiger partial charge in [-0.1, -0.05) is 19.3 Å². The van der Waals surface area contributed by atoms with Gasteiger partial charge in [0.05, 0.1) is 21.1 Å². The van der Waals surface area contributed by atoms with Crippen LogP contribution < -0.4 is 4.89 Å². The number of rotatable bonds is 5. The first-order valence-electron chi connectivity index (χ1n) is 6.20. The Bertz CT molecular complexity index is 278. The van der Waals surface area contributed by atoms with Crippen LogP contribution in [-0.2, 0) is 9.09 Å². The van der Waals surface area contributed by atoms with Crippen molar-refractivity contribution in [3.63, 3.8) is 0 Å². The zero-order valence-corrected chi connectivity index (χ0v) is 11.9. The maximum absolute atomic E-state index is 10.9. The lowest BCUT2D eigenvalue weighted by molar-refractivity contribution is -0.873. The molecule has 0 saturated heterocycles. The molecule has 1 fully saturated rings. The summed E-state index contributed by atoms with van der Waals surface area (Å²) in [5.74, 6) is 0.246. The standard InChI is InChI=1S/C11H24NO4P/c1-12(2,3)9-11(16-17(13,14)15)10-7-5-4-6-8-10/h10-11H,4-9H2,1-3H3,(H-,13,14,15). The van der Waals surface area contributed by atoms with Crippen LogP contribution in [0.15, 0.2) is 0 Å². The minimum Gasteiger partial charge on any atom is -0.756 e. The van der Waals surface area contributed by atoms with Crippen molar-refractivity contribution in [3.8, 4) is 0 Å². The van der Waals surface area contributed by atoms with E-state index < -0.39 is 13.9 Å². The zero-order valence-electron chi connectivity index (χ0n) is 11.0. The monoisotopic (exact) mass is 265 g/mol. The van der Waals surface area contributed by atoms with Crippen molar-refractivity contribution in [3.05, 3.63) is 0 Å². The van der Waals surface area contributed by atoms with Crippen molar-refractivity contribution < 1.29 is 23.4 Å². The first-order valence-corrected chi connectivity index (χ1v) is 7.69. The molecule has 2 atom stereocenters. The van der Waals surface area contributed by atoms with Gasteiger partial charge in [-0.05, 0) is 18.8 Å². The van der Waals surface area contributed by atoms with E-state index in [1.165, 1.54) is 6.42 Å². The van der Waals surface area contributed by atoms with Crippen LogP contribution in [0, 0.1) is 5.92 Å². The largest absolute Gasteiger partial charge is 0.756 e. The molecule has 5 nitrogen and oxygen atoms in total. The molecule has 1 saturated carbocycles. The second-order valence-corrected chi connectivity index (χ2v) is 7.13. The van der Waals surface area contributed by atoms with Crippen molar-refractivity contribution in [2.45, 2.75) is 38.2 Å². The molecule has 1 rings (SSSR count). The van der Waals surface area contributed by atoms with Gasteiger partial charge < -0.3 is 18.8 Å². The van der Waals surface area contributed by atoms with E-state index in [1.807, 2.05) is 21.1 Å². The van der Waals surface area contributed by atoms with Crippen molar-refractivity contribution in [2.24, 2.45) is 5.92 Å². The minimum absolute atomic E-state index is 0.246. The number of quaternary nitrogens is 1. The molecule has 0 spiro atoms. The third-order valence-corrected chi connectivity index (χ3v) is 3.71. The van der Waals surface area contributed by atoms with Crippen LogP contribution in [0.5, 0.6) is 0 Å². The first kappa shape index (κ1) is 15.1. The second kappa shape index (κ2) is 5.81. The maximum atomic E-state index is 10.9. The van der Waals surface area contributed by atoms with Gasteiger partial charge in [0, 0.05) is 0 Å². The van der Waals surface area contributed by atoms with Gasteiger partial charge >= 0.3 is 0 Å². The normalized spacial score (nSPS) is 24.3. The fraction of sp³-hybridized carbons (Fsp3) is 1.00. The van der Waals surface area contributed by atoms with E-state index in [1.54, 1.807) is 0 Å². The minimum atomic E-state index is -4.63. The number of nitrogens with zero attached hydrogens (tertiary/aromatic N) is 1. The Labute approximate surface area is 104 Å². The summed E-state index contributed by atoms with van der Waals surface area (Å²) in [5.41, 5.74) is 0. The number of phosphoric acid groups is 1. The van der Waals surface area contributed by atoms with Gasteiger partial charge in [-0.15, -0.1) is 0 Å². The predicted octanol–water partition coefficient (Wildman–Crippen LogP) is 1.12. The molecular weight excluding hydrogens is 241 g/mol. The molecule has 0 heterocycles. The second-order valence-electron chi connectivity index (χ2n) is 5.98. The Balaban J connectivity index is 2.67. The molecule has 1 aliphatic rings. The third kappa shape index (κ3) is 6.53. The van der Waals surface area contributed by atoms with E-state index in [0.717, 1.165) is 25.7 Å². The van der Waals surface area contributed by atoms with E-state index in [9.17, 15) is 9.46 Å². The molecule has 0 aromatic rings. The highest BCUT2D eigenvalue weighted by Crippen LogP contribution is 2.38. The Hall–Kier alpha value is 0.0700. The van der Waals surface area contributed by atoms with Gasteiger partial charge in [0.25, 0.3) is 7.82 Å². The van der Waals surface area contributed by atoms with Crippen LogP contribution in [0.3, 0.4) is 0 Å². The Morgan fingerprint density at radius 1 is 1.35 bits per heavy atom. The quantitative estimate of drug-likeness (QED) is 0.597. The molecule has 0 radical (unpaired) electrons. The summed E-state index contributed by atoms with van der Waals surface area (Å²) in [5, 5.41) is 0. The van der Waals surface area contributed by atoms with Gasteiger partial charge in [-0.2, -0.15) is 0 Å². The number of phosphoric ester groups is 1. The highest BCUT2D eigenvalue weighted by Gasteiger charge is 2.31. The fourth-order valence-corrected chi connectivity index (χ4v) is 3.07. The highest BCUT2D eigenvalue weighted by molar-refractivity contribution is 7.44. The SMILES string of the molecule is C[N+](C)(C)CC(OP(=O)([O-])O)C1CCCCC1. The fourth-order valence-electron chi connectivity index (χ4n) is 2.49. The van der Waals surface area contributed by atoms with E-state index in [-0.39, 0.29) is 5.92 Å². The zero-order chi connectivity index (χ0) is 13.1. The molecule has 2 unspecified atom stereocenters. The summed E-state index contributed by atoms with van der Waals surface area (Å²) in [6.45, 7) is 0.595. The molecule has 0 aromatic heterocycles. The van der Waals surface area contributed by atoms with Gasteiger partial charge in [-0.25, -0.2) is 0 Å². The topological polar surface area (TPSA) is 69.6 Å². The molecule has 0 bridgehead atoms. The third-order valence-electron chi connectivity index (χ3n) is 3.17. The summed E-state index contributed by atoms with van der Waals surface area (Å²) in [7, 11) is 1.34. The lowest BCUT2D eigenvalue weighted by atomic mass is 9.85. The molecule has 17 heavy (non-hydrogen) atoms. The van der Waals surface area contributed by atoms with Crippen LogP contribution in [0.1, 0.15) is 32.1 Å². The lowest BCUT2D eigenvalue weighted by Gasteiger charge is -2.36. The average molecular weight is 265 g/mol. The summed E-state index contributed by atoms with van der Waals surface area (Å²) in [4.78, 5) is 19.8. The smallest absolute Gasteiger partial charge is 0.265 e. The van der Waals surface area contributed by atoms with E-state index in [4.69, 9.17) is 9.42 Å². The summed E-state index contributed by atoms with van der Waals surface area (Å²) in [6, 6.07) is 0. The number of hydrogen-bond acceptors (Lipinski definition) is 3. The van der Waals surface area contributed by atoms with Crippen LogP contribution in [-0.4, -0.2) is 43.2 Å². The van der Waals surface area contributed by atoms with Gasteiger partial charge in [0.2, 0.25) is 0 Å². The number of likely N-dealkylation sites (N-methyl/N-ethyl adjacent to an activating group) is 1. The van der Waals surface area contributed by atoms with Crippen LogP contribution in [0.2, 0.25) is 0 Å². The molecule has 102 valence electrons. The van der Waals surface area contributed by atoms with E-state index in [0.29, 0.717) is 11.0 Å². The van der Waals surface area contributed by atoms with Gasteiger partial charge in [-0.3, -0.25) is 4.57 Å². The van der Waals surface area contributed by atoms with Gasteiger partial charge in [0.15, 0.2) is 0 Å². The Kier molecular flexibility index (Phi) is 5.17. The summed E-state index contributed by atoms with van der Waals surface area (Å²) < 4.78 is 16.4. The Morgan fingerprint density at radius 2 is 1.88 bits per heavy atom. The Morgan fingerprint density at radius 3 is 2.29 bits per heavy atom. The molecule has 6 heteroatoms. The summed E-state index contributed by atoms with van der Waals surface area (Å²) >= 11 is 0. The van der Waals surface area contributed by atoms with Crippen LogP contribution in [0.25, 0.3) is 0 Å². The molecule has 0 amide bonds. The molecule has 1 aliphatic carbocycles. The van der Waals surface area contributed by atoms with Crippen molar-refractivity contribution in [1.29, 1.82) is 0 Å². The van der Waals surface area contributed by atoms with E-state index in [2.05, 4.69) is 0 Å². The van der Waals surface area contributed by atoms with E-state index >= 15 is 0 Å². The number of hydrogen-bond donors (Lipinski definition) is 1. The highest BCUT2D eigenvalue weighted by atomic mass is 31.2. The molecule has 0 aromatic carbocycles. The molecular formula is C11H24NO4P. The maximum Gasteiger partial charge on any atom is 0.265 e. The van der Waals surface area contributed by atoms with Crippen molar-refractivity contribution in [2.75, 3.05) is 27.7 Å². The first-order chi connectivity index (χ1) is 7.67. The van der Waals surface area contributed by atoms with Crippen molar-refractivity contribution in [1.82, 2.24) is 0 Å². The average Bonchev–Trinajstić information content (AvgIpc) is 2.14.